The summed E-state index contributed by atoms with van der Waals surface area (Å²) in [6, 6.07) is 7.43. The van der Waals surface area contributed by atoms with Gasteiger partial charge in [0.2, 0.25) is 5.91 Å². The first-order valence-electron chi connectivity index (χ1n) is 7.67. The molecule has 25 heavy (non-hydrogen) atoms. The fourth-order valence-corrected chi connectivity index (χ4v) is 2.71. The molecule has 8 nitrogen and oxygen atoms in total. The fourth-order valence-electron chi connectivity index (χ4n) is 2.00. The van der Waals surface area contributed by atoms with Crippen molar-refractivity contribution in [2.24, 2.45) is 7.05 Å². The molecule has 0 radical (unpaired) electrons. The minimum atomic E-state index is -0.541. The van der Waals surface area contributed by atoms with Crippen molar-refractivity contribution in [3.05, 3.63) is 29.8 Å². The van der Waals surface area contributed by atoms with Crippen LogP contribution in [0.4, 0.5) is 4.79 Å². The number of ether oxygens (including phenoxy) is 1. The van der Waals surface area contributed by atoms with Crippen LogP contribution in [0.25, 0.3) is 11.4 Å². The topological polar surface area (TPSA) is 98.1 Å². The third kappa shape index (κ3) is 5.57. The summed E-state index contributed by atoms with van der Waals surface area (Å²) < 4.78 is 6.63. The van der Waals surface area contributed by atoms with E-state index in [1.54, 1.807) is 0 Å². The van der Waals surface area contributed by atoms with Crippen LogP contribution in [0.5, 0.6) is 0 Å². The van der Waals surface area contributed by atoms with Crippen LogP contribution in [0.1, 0.15) is 5.56 Å². The molecule has 0 atom stereocenters. The first-order valence-corrected chi connectivity index (χ1v) is 8.65. The van der Waals surface area contributed by atoms with Gasteiger partial charge in [-0.3, -0.25) is 10.1 Å². The van der Waals surface area contributed by atoms with Crippen molar-refractivity contribution in [3.8, 4) is 11.4 Å². The predicted molar refractivity (Wildman–Crippen MR) is 95.3 cm³/mol. The Morgan fingerprint density at radius 3 is 2.64 bits per heavy atom. The molecule has 2 aromatic rings. The Hall–Kier alpha value is -2.39. The smallest absolute Gasteiger partial charge is 0.321 e. The Morgan fingerprint density at radius 1 is 1.24 bits per heavy atom. The number of urea groups is 1. The van der Waals surface area contributed by atoms with Gasteiger partial charge in [0.15, 0.2) is 11.0 Å². The third-order valence-electron chi connectivity index (χ3n) is 3.32. The average molecular weight is 363 g/mol. The first-order chi connectivity index (χ1) is 12.0. The average Bonchev–Trinajstić information content (AvgIpc) is 2.95. The second kappa shape index (κ2) is 9.19. The molecule has 0 unspecified atom stereocenters. The molecular weight excluding hydrogens is 342 g/mol. The van der Waals surface area contributed by atoms with Crippen LogP contribution >= 0.6 is 11.8 Å². The highest BCUT2D eigenvalue weighted by Crippen LogP contribution is 2.22. The van der Waals surface area contributed by atoms with Crippen LogP contribution in [-0.4, -0.2) is 52.7 Å². The highest BCUT2D eigenvalue weighted by atomic mass is 32.2. The molecule has 1 aromatic carbocycles. The zero-order chi connectivity index (χ0) is 18.2. The summed E-state index contributed by atoms with van der Waals surface area (Å²) in [5.41, 5.74) is 2.12. The third-order valence-corrected chi connectivity index (χ3v) is 4.34. The van der Waals surface area contributed by atoms with Crippen LogP contribution in [0.3, 0.4) is 0 Å². The van der Waals surface area contributed by atoms with Gasteiger partial charge >= 0.3 is 6.03 Å². The Labute approximate surface area is 150 Å². The zero-order valence-corrected chi connectivity index (χ0v) is 15.2. The SMILES string of the molecule is COCCNC(=O)NC(=O)CSc1nnc(-c2ccc(C)cc2)n1C. The van der Waals surface area contributed by atoms with Gasteiger partial charge in [0.25, 0.3) is 0 Å². The van der Waals surface area contributed by atoms with Gasteiger partial charge in [0.1, 0.15) is 0 Å². The van der Waals surface area contributed by atoms with Crippen LogP contribution in [0.15, 0.2) is 29.4 Å². The number of amides is 3. The fraction of sp³-hybridized carbons (Fsp3) is 0.375. The van der Waals surface area contributed by atoms with Gasteiger partial charge < -0.3 is 14.6 Å². The van der Waals surface area contributed by atoms with Crippen molar-refractivity contribution in [2.75, 3.05) is 26.0 Å². The van der Waals surface area contributed by atoms with Gasteiger partial charge in [-0.1, -0.05) is 41.6 Å². The molecule has 0 fully saturated rings. The summed E-state index contributed by atoms with van der Waals surface area (Å²) in [6.07, 6.45) is 0. The van der Waals surface area contributed by atoms with E-state index in [1.807, 2.05) is 42.8 Å². The molecular formula is C16H21N5O3S. The molecule has 2 N–H and O–H groups in total. The van der Waals surface area contributed by atoms with Crippen molar-refractivity contribution in [1.29, 1.82) is 0 Å². The number of hydrogen-bond donors (Lipinski definition) is 2. The first kappa shape index (κ1) is 18.9. The lowest BCUT2D eigenvalue weighted by Crippen LogP contribution is -2.41. The summed E-state index contributed by atoms with van der Waals surface area (Å²) in [7, 11) is 3.38. The molecule has 0 aliphatic carbocycles. The largest absolute Gasteiger partial charge is 0.383 e. The number of aromatic nitrogens is 3. The quantitative estimate of drug-likeness (QED) is 0.569. The molecule has 0 bridgehead atoms. The van der Waals surface area contributed by atoms with Gasteiger partial charge in [0, 0.05) is 26.3 Å². The summed E-state index contributed by atoms with van der Waals surface area (Å²) >= 11 is 1.22. The van der Waals surface area contributed by atoms with E-state index in [4.69, 9.17) is 4.74 Å². The summed E-state index contributed by atoms with van der Waals surface area (Å²) in [5, 5.41) is 13.6. The lowest BCUT2D eigenvalue weighted by atomic mass is 10.1. The monoisotopic (exact) mass is 363 g/mol. The molecule has 0 saturated carbocycles. The van der Waals surface area contributed by atoms with Gasteiger partial charge in [-0.05, 0) is 6.92 Å². The van der Waals surface area contributed by atoms with Crippen molar-refractivity contribution in [1.82, 2.24) is 25.4 Å². The van der Waals surface area contributed by atoms with Crippen LogP contribution in [0, 0.1) is 6.92 Å². The van der Waals surface area contributed by atoms with E-state index in [-0.39, 0.29) is 5.75 Å². The molecule has 0 aliphatic heterocycles. The van der Waals surface area contributed by atoms with Crippen molar-refractivity contribution in [2.45, 2.75) is 12.1 Å². The Kier molecular flexibility index (Phi) is 6.96. The van der Waals surface area contributed by atoms with Crippen molar-refractivity contribution in [3.63, 3.8) is 0 Å². The minimum absolute atomic E-state index is 0.0670. The molecule has 134 valence electrons. The van der Waals surface area contributed by atoms with Crippen molar-refractivity contribution < 1.29 is 14.3 Å². The minimum Gasteiger partial charge on any atom is -0.383 e. The maximum atomic E-state index is 11.8. The second-order valence-corrected chi connectivity index (χ2v) is 6.26. The van der Waals surface area contributed by atoms with Crippen molar-refractivity contribution >= 4 is 23.7 Å². The predicted octanol–water partition coefficient (Wildman–Crippen LogP) is 1.35. The number of aryl methyl sites for hydroxylation is 1. The number of benzene rings is 1. The van der Waals surface area contributed by atoms with E-state index in [0.717, 1.165) is 11.4 Å². The number of carbonyl (C=O) groups excluding carboxylic acids is 2. The maximum Gasteiger partial charge on any atom is 0.321 e. The lowest BCUT2D eigenvalue weighted by molar-refractivity contribution is -0.117. The number of nitrogens with one attached hydrogen (secondary N) is 2. The van der Waals surface area contributed by atoms with Crippen LogP contribution in [0.2, 0.25) is 0 Å². The highest BCUT2D eigenvalue weighted by Gasteiger charge is 2.14. The van der Waals surface area contributed by atoms with E-state index in [0.29, 0.717) is 18.3 Å². The molecule has 0 spiro atoms. The Bertz CT molecular complexity index is 730. The summed E-state index contributed by atoms with van der Waals surface area (Å²) in [5.74, 6) is 0.386. The molecule has 0 saturated heterocycles. The van der Waals surface area contributed by atoms with Gasteiger partial charge in [-0.25, -0.2) is 4.79 Å². The Morgan fingerprint density at radius 2 is 1.96 bits per heavy atom. The van der Waals surface area contributed by atoms with Gasteiger partial charge in [0.05, 0.1) is 12.4 Å². The number of imide groups is 1. The Balaban J connectivity index is 1.88. The molecule has 0 aliphatic rings. The molecule has 3 amide bonds. The standard InChI is InChI=1S/C16H21N5O3S/c1-11-4-6-12(7-5-11)14-19-20-16(21(14)2)25-10-13(22)18-15(23)17-8-9-24-3/h4-7H,8-10H2,1-3H3,(H2,17,18,22,23). The van der Waals surface area contributed by atoms with E-state index < -0.39 is 11.9 Å². The van der Waals surface area contributed by atoms with E-state index >= 15 is 0 Å². The van der Waals surface area contributed by atoms with E-state index in [1.165, 1.54) is 24.4 Å². The lowest BCUT2D eigenvalue weighted by Gasteiger charge is -2.06. The van der Waals surface area contributed by atoms with E-state index in [9.17, 15) is 9.59 Å². The number of thioether (sulfide) groups is 1. The maximum absolute atomic E-state index is 11.8. The van der Waals surface area contributed by atoms with Gasteiger partial charge in [-0.2, -0.15) is 0 Å². The molecule has 2 rings (SSSR count). The van der Waals surface area contributed by atoms with Crippen LogP contribution < -0.4 is 10.6 Å². The number of hydrogen-bond acceptors (Lipinski definition) is 6. The molecule has 1 heterocycles. The van der Waals surface area contributed by atoms with Crippen LogP contribution in [-0.2, 0) is 16.6 Å². The summed E-state index contributed by atoms with van der Waals surface area (Å²) in [4.78, 5) is 23.3. The highest BCUT2D eigenvalue weighted by molar-refractivity contribution is 7.99. The normalized spacial score (nSPS) is 10.5. The number of carbonyl (C=O) groups is 2. The number of methoxy groups -OCH3 is 1. The zero-order valence-electron chi connectivity index (χ0n) is 14.4. The number of nitrogens with zero attached hydrogens (tertiary/aromatic N) is 3. The summed E-state index contributed by atoms with van der Waals surface area (Å²) in [6.45, 7) is 2.74. The molecule has 1 aromatic heterocycles. The second-order valence-electron chi connectivity index (χ2n) is 5.32. The number of rotatable bonds is 7. The molecule has 9 heteroatoms. The van der Waals surface area contributed by atoms with Gasteiger partial charge in [-0.15, -0.1) is 10.2 Å². The van der Waals surface area contributed by atoms with E-state index in [2.05, 4.69) is 20.8 Å².